The lowest BCUT2D eigenvalue weighted by molar-refractivity contribution is -0.116. The van der Waals surface area contributed by atoms with E-state index in [2.05, 4.69) is 25.5 Å². The molecule has 0 spiro atoms. The zero-order valence-electron chi connectivity index (χ0n) is 14.9. The number of hydrogen-bond donors (Lipinski definition) is 1. The highest BCUT2D eigenvalue weighted by Gasteiger charge is 2.13. The fourth-order valence-corrected chi connectivity index (χ4v) is 3.34. The number of anilines is 1. The number of amides is 1. The van der Waals surface area contributed by atoms with Crippen molar-refractivity contribution in [1.29, 1.82) is 0 Å². The standard InChI is InChI=1S/C18H18N6O2S/c1-11(2)24-18-12(9-20-24)8-13(10-19-18)21-15(25)5-6-16-22-17(23-26-16)14-4-3-7-27-14/h3-4,7-11H,5-6H2,1-2H3,(H,21,25). The van der Waals surface area contributed by atoms with Crippen LogP contribution in [-0.2, 0) is 11.2 Å². The SMILES string of the molecule is CC(C)n1ncc2cc(NC(=O)CCc3nc(-c4cccs4)no3)cnc21. The van der Waals surface area contributed by atoms with E-state index in [1.165, 1.54) is 0 Å². The van der Waals surface area contributed by atoms with Gasteiger partial charge in [-0.1, -0.05) is 11.2 Å². The summed E-state index contributed by atoms with van der Waals surface area (Å²) in [4.78, 5) is 21.9. The molecule has 0 aromatic carbocycles. The summed E-state index contributed by atoms with van der Waals surface area (Å²) in [5.41, 5.74) is 1.44. The maximum atomic E-state index is 12.2. The minimum Gasteiger partial charge on any atom is -0.339 e. The molecule has 0 bridgehead atoms. The van der Waals surface area contributed by atoms with Gasteiger partial charge in [-0.3, -0.25) is 4.79 Å². The molecule has 1 amide bonds. The molecule has 4 rings (SSSR count). The lowest BCUT2D eigenvalue weighted by atomic mass is 10.2. The number of aryl methyl sites for hydroxylation is 1. The lowest BCUT2D eigenvalue weighted by Crippen LogP contribution is -2.12. The van der Waals surface area contributed by atoms with E-state index in [1.54, 1.807) is 23.7 Å². The molecule has 0 fully saturated rings. The molecule has 0 aliphatic carbocycles. The Labute approximate surface area is 159 Å². The maximum absolute atomic E-state index is 12.2. The van der Waals surface area contributed by atoms with E-state index in [0.717, 1.165) is 15.9 Å². The minimum absolute atomic E-state index is 0.136. The van der Waals surface area contributed by atoms with Crippen LogP contribution >= 0.6 is 11.3 Å². The molecule has 8 nitrogen and oxygen atoms in total. The summed E-state index contributed by atoms with van der Waals surface area (Å²) < 4.78 is 7.06. The van der Waals surface area contributed by atoms with Crippen molar-refractivity contribution in [3.05, 3.63) is 41.9 Å². The summed E-state index contributed by atoms with van der Waals surface area (Å²) in [6.45, 7) is 4.09. The molecular weight excluding hydrogens is 364 g/mol. The van der Waals surface area contributed by atoms with Gasteiger partial charge in [0, 0.05) is 24.3 Å². The number of carbonyl (C=O) groups excluding carboxylic acids is 1. The van der Waals surface area contributed by atoms with Gasteiger partial charge in [-0.05, 0) is 31.4 Å². The predicted octanol–water partition coefficient (Wildman–Crippen LogP) is 3.70. The summed E-state index contributed by atoms with van der Waals surface area (Å²) in [6.07, 6.45) is 4.02. The first-order valence-electron chi connectivity index (χ1n) is 8.60. The van der Waals surface area contributed by atoms with Crippen LogP contribution in [0.25, 0.3) is 21.7 Å². The Morgan fingerprint density at radius 3 is 3.04 bits per heavy atom. The lowest BCUT2D eigenvalue weighted by Gasteiger charge is -2.07. The average Bonchev–Trinajstić information content (AvgIpc) is 3.38. The zero-order valence-corrected chi connectivity index (χ0v) is 15.7. The van der Waals surface area contributed by atoms with E-state index in [0.29, 0.717) is 23.8 Å². The van der Waals surface area contributed by atoms with Crippen molar-refractivity contribution in [1.82, 2.24) is 24.9 Å². The van der Waals surface area contributed by atoms with Crippen molar-refractivity contribution in [3.63, 3.8) is 0 Å². The number of pyridine rings is 1. The number of thiophene rings is 1. The maximum Gasteiger partial charge on any atom is 0.227 e. The Balaban J connectivity index is 1.37. The van der Waals surface area contributed by atoms with Crippen LogP contribution in [0.5, 0.6) is 0 Å². The van der Waals surface area contributed by atoms with Crippen molar-refractivity contribution in [2.75, 3.05) is 5.32 Å². The van der Waals surface area contributed by atoms with Crippen LogP contribution in [0.3, 0.4) is 0 Å². The molecule has 0 atom stereocenters. The van der Waals surface area contributed by atoms with Gasteiger partial charge in [0.1, 0.15) is 0 Å². The highest BCUT2D eigenvalue weighted by molar-refractivity contribution is 7.13. The zero-order chi connectivity index (χ0) is 18.8. The third kappa shape index (κ3) is 3.72. The highest BCUT2D eigenvalue weighted by atomic mass is 32.1. The first-order valence-corrected chi connectivity index (χ1v) is 9.47. The molecular formula is C18H18N6O2S. The molecule has 0 aliphatic rings. The summed E-state index contributed by atoms with van der Waals surface area (Å²) >= 11 is 1.54. The predicted molar refractivity (Wildman–Crippen MR) is 102 cm³/mol. The van der Waals surface area contributed by atoms with Gasteiger partial charge < -0.3 is 9.84 Å². The molecule has 0 unspecified atom stereocenters. The molecule has 27 heavy (non-hydrogen) atoms. The second kappa shape index (κ2) is 7.28. The van der Waals surface area contributed by atoms with Crippen molar-refractivity contribution in [2.45, 2.75) is 32.7 Å². The summed E-state index contributed by atoms with van der Waals surface area (Å²) in [5, 5.41) is 14.0. The van der Waals surface area contributed by atoms with Gasteiger partial charge in [-0.25, -0.2) is 9.67 Å². The van der Waals surface area contributed by atoms with Crippen LogP contribution in [0.2, 0.25) is 0 Å². The van der Waals surface area contributed by atoms with Crippen LogP contribution in [-0.4, -0.2) is 30.8 Å². The van der Waals surface area contributed by atoms with Crippen LogP contribution in [0.1, 0.15) is 32.2 Å². The van der Waals surface area contributed by atoms with E-state index in [4.69, 9.17) is 4.52 Å². The van der Waals surface area contributed by atoms with Gasteiger partial charge in [-0.15, -0.1) is 11.3 Å². The van der Waals surface area contributed by atoms with Crippen LogP contribution in [0, 0.1) is 0 Å². The van der Waals surface area contributed by atoms with Gasteiger partial charge in [0.05, 0.1) is 23.0 Å². The van der Waals surface area contributed by atoms with Gasteiger partial charge in [0.25, 0.3) is 0 Å². The Morgan fingerprint density at radius 2 is 2.26 bits per heavy atom. The Morgan fingerprint density at radius 1 is 1.37 bits per heavy atom. The largest absolute Gasteiger partial charge is 0.339 e. The van der Waals surface area contributed by atoms with Crippen LogP contribution < -0.4 is 5.32 Å². The molecule has 0 radical (unpaired) electrons. The van der Waals surface area contributed by atoms with Gasteiger partial charge in [0.15, 0.2) is 5.65 Å². The number of hydrogen-bond acceptors (Lipinski definition) is 7. The summed E-state index contributed by atoms with van der Waals surface area (Å²) in [6, 6.07) is 5.95. The third-order valence-corrected chi connectivity index (χ3v) is 4.85. The van der Waals surface area contributed by atoms with E-state index < -0.39 is 0 Å². The molecule has 4 aromatic heterocycles. The van der Waals surface area contributed by atoms with Gasteiger partial charge in [0.2, 0.25) is 17.6 Å². The first-order chi connectivity index (χ1) is 13.1. The first kappa shape index (κ1) is 17.3. The molecule has 0 aliphatic heterocycles. The molecule has 1 N–H and O–H groups in total. The number of nitrogens with zero attached hydrogens (tertiary/aromatic N) is 5. The monoisotopic (exact) mass is 382 g/mol. The molecule has 138 valence electrons. The number of aromatic nitrogens is 5. The van der Waals surface area contributed by atoms with E-state index in [9.17, 15) is 4.79 Å². The Hall–Kier alpha value is -3.07. The second-order valence-corrected chi connectivity index (χ2v) is 7.30. The topological polar surface area (TPSA) is 98.7 Å². The number of fused-ring (bicyclic) bond motifs is 1. The molecule has 0 saturated carbocycles. The van der Waals surface area contributed by atoms with Crippen LogP contribution in [0.4, 0.5) is 5.69 Å². The van der Waals surface area contributed by atoms with Crippen molar-refractivity contribution < 1.29 is 9.32 Å². The van der Waals surface area contributed by atoms with E-state index in [1.807, 2.05) is 42.1 Å². The smallest absolute Gasteiger partial charge is 0.227 e. The van der Waals surface area contributed by atoms with Gasteiger partial charge >= 0.3 is 0 Å². The normalized spacial score (nSPS) is 11.4. The van der Waals surface area contributed by atoms with Gasteiger partial charge in [-0.2, -0.15) is 10.1 Å². The van der Waals surface area contributed by atoms with Crippen molar-refractivity contribution in [3.8, 4) is 10.7 Å². The summed E-state index contributed by atoms with van der Waals surface area (Å²) in [5.74, 6) is 0.862. The van der Waals surface area contributed by atoms with E-state index >= 15 is 0 Å². The highest BCUT2D eigenvalue weighted by Crippen LogP contribution is 2.22. The fourth-order valence-electron chi connectivity index (χ4n) is 2.69. The number of carbonyl (C=O) groups is 1. The molecule has 4 heterocycles. The van der Waals surface area contributed by atoms with Crippen molar-refractivity contribution >= 4 is 34.0 Å². The Kier molecular flexibility index (Phi) is 4.68. The van der Waals surface area contributed by atoms with Crippen LogP contribution in [0.15, 0.2) is 40.5 Å². The summed E-state index contributed by atoms with van der Waals surface area (Å²) in [7, 11) is 0. The average molecular weight is 382 g/mol. The number of nitrogens with one attached hydrogen (secondary N) is 1. The van der Waals surface area contributed by atoms with E-state index in [-0.39, 0.29) is 18.4 Å². The number of rotatable bonds is 6. The Bertz CT molecular complexity index is 1070. The fraction of sp³-hybridized carbons (Fsp3) is 0.278. The molecule has 4 aromatic rings. The third-order valence-electron chi connectivity index (χ3n) is 3.98. The minimum atomic E-state index is -0.136. The second-order valence-electron chi connectivity index (χ2n) is 6.36. The molecule has 9 heteroatoms. The quantitative estimate of drug-likeness (QED) is 0.546. The van der Waals surface area contributed by atoms with Crippen molar-refractivity contribution in [2.24, 2.45) is 0 Å². The molecule has 0 saturated heterocycles.